The van der Waals surface area contributed by atoms with Gasteiger partial charge in [-0.2, -0.15) is 5.26 Å². The predicted octanol–water partition coefficient (Wildman–Crippen LogP) is 2.14. The molecule has 0 radical (unpaired) electrons. The molecular formula is C13H16N4. The third-order valence-electron chi connectivity index (χ3n) is 3.99. The standard InChI is InChI=1S/C13H16N4/c14-7-11-10(15)3-4-12(17-11)16-8-13(5-6-13)9-1-2-9/h3-4,9H,1-2,5-6,8,15H2,(H,16,17). The zero-order valence-corrected chi connectivity index (χ0v) is 9.74. The van der Waals surface area contributed by atoms with E-state index < -0.39 is 0 Å². The van der Waals surface area contributed by atoms with E-state index in [4.69, 9.17) is 11.0 Å². The van der Waals surface area contributed by atoms with Crippen LogP contribution in [0.2, 0.25) is 0 Å². The minimum atomic E-state index is 0.311. The van der Waals surface area contributed by atoms with Gasteiger partial charge in [-0.15, -0.1) is 0 Å². The van der Waals surface area contributed by atoms with Crippen LogP contribution in [0.15, 0.2) is 12.1 Å². The summed E-state index contributed by atoms with van der Waals surface area (Å²) in [6.07, 6.45) is 5.45. The van der Waals surface area contributed by atoms with Gasteiger partial charge in [0.05, 0.1) is 5.69 Å². The Hall–Kier alpha value is -1.76. The lowest BCUT2D eigenvalue weighted by molar-refractivity contribution is 0.466. The van der Waals surface area contributed by atoms with E-state index in [-0.39, 0.29) is 0 Å². The highest BCUT2D eigenvalue weighted by Crippen LogP contribution is 2.61. The average Bonchev–Trinajstić information content (AvgIpc) is 3.19. The van der Waals surface area contributed by atoms with Crippen LogP contribution < -0.4 is 11.1 Å². The molecule has 2 aliphatic rings. The van der Waals surface area contributed by atoms with Gasteiger partial charge in [0, 0.05) is 6.54 Å². The second-order valence-corrected chi connectivity index (χ2v) is 5.24. The van der Waals surface area contributed by atoms with Crippen molar-refractivity contribution in [3.05, 3.63) is 17.8 Å². The highest BCUT2D eigenvalue weighted by Gasteiger charge is 2.53. The van der Waals surface area contributed by atoms with E-state index in [0.717, 1.165) is 18.3 Å². The quantitative estimate of drug-likeness (QED) is 0.827. The van der Waals surface area contributed by atoms with E-state index in [0.29, 0.717) is 16.8 Å². The summed E-state index contributed by atoms with van der Waals surface area (Å²) in [5, 5.41) is 12.2. The van der Waals surface area contributed by atoms with Crippen LogP contribution >= 0.6 is 0 Å². The van der Waals surface area contributed by atoms with Crippen molar-refractivity contribution in [2.75, 3.05) is 17.6 Å². The molecule has 2 fully saturated rings. The molecule has 17 heavy (non-hydrogen) atoms. The summed E-state index contributed by atoms with van der Waals surface area (Å²) >= 11 is 0. The molecule has 0 unspecified atom stereocenters. The lowest BCUT2D eigenvalue weighted by atomic mass is 10.0. The van der Waals surface area contributed by atoms with Gasteiger partial charge in [-0.05, 0) is 49.1 Å². The van der Waals surface area contributed by atoms with Crippen LogP contribution in [-0.2, 0) is 0 Å². The Morgan fingerprint density at radius 2 is 2.24 bits per heavy atom. The van der Waals surface area contributed by atoms with E-state index >= 15 is 0 Å². The second kappa shape index (κ2) is 3.63. The Balaban J connectivity index is 1.67. The Kier molecular flexibility index (Phi) is 2.22. The Bertz CT molecular complexity index is 481. The Labute approximate surface area is 101 Å². The summed E-state index contributed by atoms with van der Waals surface area (Å²) in [5.74, 6) is 1.70. The van der Waals surface area contributed by atoms with Crippen molar-refractivity contribution >= 4 is 11.5 Å². The second-order valence-electron chi connectivity index (χ2n) is 5.24. The van der Waals surface area contributed by atoms with E-state index in [2.05, 4.69) is 10.3 Å². The molecule has 1 aromatic heterocycles. The van der Waals surface area contributed by atoms with Crippen LogP contribution in [0.1, 0.15) is 31.4 Å². The maximum atomic E-state index is 8.86. The van der Waals surface area contributed by atoms with Crippen molar-refractivity contribution < 1.29 is 0 Å². The average molecular weight is 228 g/mol. The molecule has 4 nitrogen and oxygen atoms in total. The lowest BCUT2D eigenvalue weighted by Gasteiger charge is -2.15. The zero-order valence-electron chi connectivity index (χ0n) is 9.74. The van der Waals surface area contributed by atoms with E-state index in [1.807, 2.05) is 12.1 Å². The first-order valence-electron chi connectivity index (χ1n) is 6.14. The van der Waals surface area contributed by atoms with Gasteiger partial charge in [-0.1, -0.05) is 0 Å². The molecule has 2 aliphatic carbocycles. The van der Waals surface area contributed by atoms with Crippen LogP contribution in [0.5, 0.6) is 0 Å². The number of aromatic nitrogens is 1. The highest BCUT2D eigenvalue weighted by atomic mass is 15.0. The first kappa shape index (κ1) is 10.4. The highest BCUT2D eigenvalue weighted by molar-refractivity contribution is 5.54. The van der Waals surface area contributed by atoms with Crippen LogP contribution in [-0.4, -0.2) is 11.5 Å². The Morgan fingerprint density at radius 3 is 2.82 bits per heavy atom. The molecule has 0 spiro atoms. The number of hydrogen-bond donors (Lipinski definition) is 2. The number of pyridine rings is 1. The maximum absolute atomic E-state index is 8.86. The van der Waals surface area contributed by atoms with Gasteiger partial charge in [0.25, 0.3) is 0 Å². The molecule has 1 aromatic rings. The maximum Gasteiger partial charge on any atom is 0.165 e. The fourth-order valence-electron chi connectivity index (χ4n) is 2.51. The molecule has 0 aliphatic heterocycles. The summed E-state index contributed by atoms with van der Waals surface area (Å²) in [4.78, 5) is 4.20. The van der Waals surface area contributed by atoms with Gasteiger partial charge in [0.2, 0.25) is 0 Å². The van der Waals surface area contributed by atoms with Gasteiger partial charge in [0.15, 0.2) is 5.69 Å². The molecule has 88 valence electrons. The monoisotopic (exact) mass is 228 g/mol. The molecule has 0 aromatic carbocycles. The molecule has 4 heteroatoms. The van der Waals surface area contributed by atoms with Gasteiger partial charge >= 0.3 is 0 Å². The van der Waals surface area contributed by atoms with Crippen LogP contribution in [0, 0.1) is 22.7 Å². The van der Waals surface area contributed by atoms with Crippen molar-refractivity contribution in [3.63, 3.8) is 0 Å². The van der Waals surface area contributed by atoms with Crippen LogP contribution in [0.4, 0.5) is 11.5 Å². The molecule has 0 atom stereocenters. The summed E-state index contributed by atoms with van der Waals surface area (Å²) in [5.41, 5.74) is 6.93. The topological polar surface area (TPSA) is 74.7 Å². The first-order chi connectivity index (χ1) is 8.23. The molecule has 0 amide bonds. The smallest absolute Gasteiger partial charge is 0.165 e. The first-order valence-corrected chi connectivity index (χ1v) is 6.14. The number of nitriles is 1. The minimum absolute atomic E-state index is 0.311. The summed E-state index contributed by atoms with van der Waals surface area (Å²) < 4.78 is 0. The fraction of sp³-hybridized carbons (Fsp3) is 0.538. The van der Waals surface area contributed by atoms with Crippen LogP contribution in [0.25, 0.3) is 0 Å². The predicted molar refractivity (Wildman–Crippen MR) is 66.2 cm³/mol. The summed E-state index contributed by atoms with van der Waals surface area (Å²) in [7, 11) is 0. The number of nitrogens with one attached hydrogen (secondary N) is 1. The molecule has 2 saturated carbocycles. The number of nitrogens with zero attached hydrogens (tertiary/aromatic N) is 2. The van der Waals surface area contributed by atoms with Crippen molar-refractivity contribution in [1.29, 1.82) is 5.26 Å². The van der Waals surface area contributed by atoms with E-state index in [9.17, 15) is 0 Å². The van der Waals surface area contributed by atoms with Crippen LogP contribution in [0.3, 0.4) is 0 Å². The number of hydrogen-bond acceptors (Lipinski definition) is 4. The molecule has 0 saturated heterocycles. The van der Waals surface area contributed by atoms with Crippen molar-refractivity contribution in [2.24, 2.45) is 11.3 Å². The Morgan fingerprint density at radius 1 is 1.47 bits per heavy atom. The molecule has 1 heterocycles. The van der Waals surface area contributed by atoms with Crippen molar-refractivity contribution in [3.8, 4) is 6.07 Å². The van der Waals surface area contributed by atoms with Gasteiger partial charge < -0.3 is 11.1 Å². The summed E-state index contributed by atoms with van der Waals surface area (Å²) in [6, 6.07) is 5.59. The third kappa shape index (κ3) is 1.93. The number of rotatable bonds is 4. The summed E-state index contributed by atoms with van der Waals surface area (Å²) in [6.45, 7) is 0.986. The van der Waals surface area contributed by atoms with Gasteiger partial charge in [-0.25, -0.2) is 4.98 Å². The molecule has 3 rings (SSSR count). The molecule has 3 N–H and O–H groups in total. The SMILES string of the molecule is N#Cc1nc(NCC2(C3CC3)CC2)ccc1N. The van der Waals surface area contributed by atoms with Crippen molar-refractivity contribution in [2.45, 2.75) is 25.7 Å². The van der Waals surface area contributed by atoms with E-state index in [1.165, 1.54) is 25.7 Å². The molecular weight excluding hydrogens is 212 g/mol. The normalized spacial score (nSPS) is 20.6. The number of nitrogens with two attached hydrogens (primary N) is 1. The third-order valence-corrected chi connectivity index (χ3v) is 3.99. The largest absolute Gasteiger partial charge is 0.396 e. The minimum Gasteiger partial charge on any atom is -0.396 e. The zero-order chi connectivity index (χ0) is 11.9. The molecule has 0 bridgehead atoms. The number of anilines is 2. The fourth-order valence-corrected chi connectivity index (χ4v) is 2.51. The van der Waals surface area contributed by atoms with Gasteiger partial charge in [-0.3, -0.25) is 0 Å². The lowest BCUT2D eigenvalue weighted by Crippen LogP contribution is -2.18. The van der Waals surface area contributed by atoms with E-state index in [1.54, 1.807) is 6.07 Å². The van der Waals surface area contributed by atoms with Crippen molar-refractivity contribution in [1.82, 2.24) is 4.98 Å². The number of nitrogen functional groups attached to an aromatic ring is 1. The van der Waals surface area contributed by atoms with Gasteiger partial charge in [0.1, 0.15) is 11.9 Å².